The van der Waals surface area contributed by atoms with E-state index < -0.39 is 5.54 Å². The summed E-state index contributed by atoms with van der Waals surface area (Å²) in [5.41, 5.74) is 7.36. The van der Waals surface area contributed by atoms with Crippen LogP contribution in [0.1, 0.15) is 28.4 Å². The van der Waals surface area contributed by atoms with E-state index in [4.69, 9.17) is 5.73 Å². The summed E-state index contributed by atoms with van der Waals surface area (Å²) >= 11 is 0. The summed E-state index contributed by atoms with van der Waals surface area (Å²) in [4.78, 5) is 25.8. The van der Waals surface area contributed by atoms with Crippen molar-refractivity contribution >= 4 is 11.8 Å². The lowest BCUT2D eigenvalue weighted by atomic mass is 9.92. The molecular weight excluding hydrogens is 302 g/mol. The van der Waals surface area contributed by atoms with E-state index in [-0.39, 0.29) is 11.8 Å². The highest BCUT2D eigenvalue weighted by Crippen LogP contribution is 2.17. The molecule has 0 aliphatic carbocycles. The molecule has 0 saturated heterocycles. The summed E-state index contributed by atoms with van der Waals surface area (Å²) < 4.78 is 0. The van der Waals surface area contributed by atoms with Gasteiger partial charge in [0.15, 0.2) is 0 Å². The van der Waals surface area contributed by atoms with Gasteiger partial charge in [-0.3, -0.25) is 9.59 Å². The van der Waals surface area contributed by atoms with Crippen LogP contribution in [0.5, 0.6) is 0 Å². The molecule has 0 saturated carbocycles. The topological polar surface area (TPSA) is 75.4 Å². The van der Waals surface area contributed by atoms with Crippen molar-refractivity contribution < 1.29 is 9.59 Å². The minimum absolute atomic E-state index is 0.0517. The van der Waals surface area contributed by atoms with Crippen molar-refractivity contribution in [3.8, 4) is 0 Å². The van der Waals surface area contributed by atoms with Gasteiger partial charge in [0.25, 0.3) is 5.91 Å². The van der Waals surface area contributed by atoms with Crippen LogP contribution in [0, 0.1) is 0 Å². The number of hydrogen-bond donors (Lipinski definition) is 2. The van der Waals surface area contributed by atoms with Gasteiger partial charge in [-0.05, 0) is 30.2 Å². The predicted molar refractivity (Wildman–Crippen MR) is 94.3 cm³/mol. The maximum absolute atomic E-state index is 12.4. The molecule has 2 amide bonds. The summed E-state index contributed by atoms with van der Waals surface area (Å²) in [6.07, 6.45) is 0. The highest BCUT2D eigenvalue weighted by Gasteiger charge is 2.29. The van der Waals surface area contributed by atoms with Crippen LogP contribution >= 0.6 is 0 Å². The van der Waals surface area contributed by atoms with Gasteiger partial charge in [-0.2, -0.15) is 0 Å². The number of nitrogens with zero attached hydrogens (tertiary/aromatic N) is 1. The number of carbonyl (C=O) groups excluding carboxylic acids is 2. The first-order valence-electron chi connectivity index (χ1n) is 7.75. The SMILES string of the molecule is CN(C)C(=O)c1ccc(CNC(=O)C(C)(N)c2ccccc2)cc1. The van der Waals surface area contributed by atoms with E-state index in [9.17, 15) is 9.59 Å². The quantitative estimate of drug-likeness (QED) is 0.881. The zero-order chi connectivity index (χ0) is 17.7. The molecule has 0 fully saturated rings. The van der Waals surface area contributed by atoms with Crippen molar-refractivity contribution in [2.24, 2.45) is 5.73 Å². The second-order valence-corrected chi connectivity index (χ2v) is 6.15. The minimum atomic E-state index is -1.10. The Bertz CT molecular complexity index is 707. The first kappa shape index (κ1) is 17.7. The Hall–Kier alpha value is -2.66. The van der Waals surface area contributed by atoms with Crippen LogP contribution in [0.25, 0.3) is 0 Å². The summed E-state index contributed by atoms with van der Waals surface area (Å²) in [6, 6.07) is 16.4. The van der Waals surface area contributed by atoms with Gasteiger partial charge in [0.05, 0.1) is 0 Å². The monoisotopic (exact) mass is 325 g/mol. The van der Waals surface area contributed by atoms with Gasteiger partial charge in [0.1, 0.15) is 5.54 Å². The third kappa shape index (κ3) is 4.00. The first-order valence-corrected chi connectivity index (χ1v) is 7.75. The molecule has 0 radical (unpaired) electrons. The predicted octanol–water partition coefficient (Wildman–Crippen LogP) is 1.88. The van der Waals surface area contributed by atoms with Gasteiger partial charge in [-0.25, -0.2) is 0 Å². The Balaban J connectivity index is 2.00. The molecule has 0 heterocycles. The van der Waals surface area contributed by atoms with Gasteiger partial charge in [-0.1, -0.05) is 42.5 Å². The molecule has 2 aromatic carbocycles. The molecule has 24 heavy (non-hydrogen) atoms. The Morgan fingerprint density at radius 1 is 1.04 bits per heavy atom. The molecule has 1 unspecified atom stereocenters. The highest BCUT2D eigenvalue weighted by molar-refractivity contribution is 5.93. The Morgan fingerprint density at radius 2 is 1.62 bits per heavy atom. The molecule has 0 aliphatic rings. The number of benzene rings is 2. The van der Waals surface area contributed by atoms with Crippen LogP contribution in [0.3, 0.4) is 0 Å². The van der Waals surface area contributed by atoms with E-state index in [0.29, 0.717) is 12.1 Å². The number of rotatable bonds is 5. The van der Waals surface area contributed by atoms with Gasteiger partial charge in [0.2, 0.25) is 5.91 Å². The normalized spacial score (nSPS) is 13.0. The van der Waals surface area contributed by atoms with Crippen molar-refractivity contribution in [2.75, 3.05) is 14.1 Å². The maximum Gasteiger partial charge on any atom is 0.253 e. The zero-order valence-electron chi connectivity index (χ0n) is 14.2. The zero-order valence-corrected chi connectivity index (χ0v) is 14.2. The van der Waals surface area contributed by atoms with Crippen LogP contribution in [-0.4, -0.2) is 30.8 Å². The van der Waals surface area contributed by atoms with E-state index in [1.807, 2.05) is 42.5 Å². The lowest BCUT2D eigenvalue weighted by molar-refractivity contribution is -0.126. The summed E-state index contributed by atoms with van der Waals surface area (Å²) in [6.45, 7) is 2.05. The van der Waals surface area contributed by atoms with Crippen molar-refractivity contribution in [1.29, 1.82) is 0 Å². The number of hydrogen-bond acceptors (Lipinski definition) is 3. The number of nitrogens with two attached hydrogens (primary N) is 1. The van der Waals surface area contributed by atoms with Crippen molar-refractivity contribution in [3.63, 3.8) is 0 Å². The Kier molecular flexibility index (Phi) is 5.36. The largest absolute Gasteiger partial charge is 0.350 e. The number of carbonyl (C=O) groups is 2. The Labute approximate surface area is 142 Å². The molecule has 0 spiro atoms. The molecule has 126 valence electrons. The molecule has 3 N–H and O–H groups in total. The molecule has 0 bridgehead atoms. The van der Waals surface area contributed by atoms with E-state index in [2.05, 4.69) is 5.32 Å². The molecular formula is C19H23N3O2. The summed E-state index contributed by atoms with van der Waals surface area (Å²) in [5.74, 6) is -0.300. The molecule has 2 rings (SSSR count). The van der Waals surface area contributed by atoms with E-state index in [1.54, 1.807) is 33.2 Å². The van der Waals surface area contributed by atoms with Crippen molar-refractivity contribution in [2.45, 2.75) is 19.0 Å². The lowest BCUT2D eigenvalue weighted by Crippen LogP contribution is -2.48. The van der Waals surface area contributed by atoms with E-state index in [1.165, 1.54) is 4.90 Å². The second-order valence-electron chi connectivity index (χ2n) is 6.15. The summed E-state index contributed by atoms with van der Waals surface area (Å²) in [5, 5.41) is 2.85. The summed E-state index contributed by atoms with van der Waals surface area (Å²) in [7, 11) is 3.42. The molecule has 5 nitrogen and oxygen atoms in total. The molecule has 0 aliphatic heterocycles. The minimum Gasteiger partial charge on any atom is -0.350 e. The van der Waals surface area contributed by atoms with Crippen LogP contribution < -0.4 is 11.1 Å². The van der Waals surface area contributed by atoms with E-state index >= 15 is 0 Å². The smallest absolute Gasteiger partial charge is 0.253 e. The fraction of sp³-hybridized carbons (Fsp3) is 0.263. The highest BCUT2D eigenvalue weighted by atomic mass is 16.2. The molecule has 1 atom stereocenters. The maximum atomic E-state index is 12.4. The van der Waals surface area contributed by atoms with Gasteiger partial charge in [0, 0.05) is 26.2 Å². The van der Waals surface area contributed by atoms with Gasteiger partial charge in [-0.15, -0.1) is 0 Å². The van der Waals surface area contributed by atoms with Crippen LogP contribution in [0.4, 0.5) is 0 Å². The second kappa shape index (κ2) is 7.27. The molecule has 0 aromatic heterocycles. The van der Waals surface area contributed by atoms with E-state index in [0.717, 1.165) is 11.1 Å². The number of nitrogens with one attached hydrogen (secondary N) is 1. The third-order valence-electron chi connectivity index (χ3n) is 3.91. The fourth-order valence-corrected chi connectivity index (χ4v) is 2.30. The van der Waals surface area contributed by atoms with Crippen LogP contribution in [0.15, 0.2) is 54.6 Å². The van der Waals surface area contributed by atoms with Crippen molar-refractivity contribution in [1.82, 2.24) is 10.2 Å². The standard InChI is InChI=1S/C19H23N3O2/c1-19(20,16-7-5-4-6-8-16)18(24)21-13-14-9-11-15(12-10-14)17(23)22(2)3/h4-12H,13,20H2,1-3H3,(H,21,24). The first-order chi connectivity index (χ1) is 11.3. The average molecular weight is 325 g/mol. The fourth-order valence-electron chi connectivity index (χ4n) is 2.30. The number of amides is 2. The molecule has 5 heteroatoms. The van der Waals surface area contributed by atoms with Crippen LogP contribution in [-0.2, 0) is 16.9 Å². The van der Waals surface area contributed by atoms with Gasteiger partial charge < -0.3 is 16.0 Å². The molecule has 2 aromatic rings. The van der Waals surface area contributed by atoms with Gasteiger partial charge >= 0.3 is 0 Å². The van der Waals surface area contributed by atoms with Crippen molar-refractivity contribution in [3.05, 3.63) is 71.3 Å². The van der Waals surface area contributed by atoms with Crippen LogP contribution in [0.2, 0.25) is 0 Å². The third-order valence-corrected chi connectivity index (χ3v) is 3.91. The average Bonchev–Trinajstić information content (AvgIpc) is 2.60. The lowest BCUT2D eigenvalue weighted by Gasteiger charge is -2.24. The Morgan fingerprint density at radius 3 is 2.17 bits per heavy atom.